The molecular formula is C46H28S. The summed E-state index contributed by atoms with van der Waals surface area (Å²) in [4.78, 5) is 0. The molecule has 1 heterocycles. The number of fused-ring (bicyclic) bond motifs is 7. The van der Waals surface area contributed by atoms with Gasteiger partial charge in [0, 0.05) is 20.2 Å². The third-order valence-corrected chi connectivity index (χ3v) is 11.0. The average Bonchev–Trinajstić information content (AvgIpc) is 3.49. The van der Waals surface area contributed by atoms with Crippen molar-refractivity contribution in [2.24, 2.45) is 0 Å². The largest absolute Gasteiger partial charge is 0.135 e. The maximum absolute atomic E-state index is 2.39. The van der Waals surface area contributed by atoms with E-state index in [1.807, 2.05) is 11.3 Å². The van der Waals surface area contributed by atoms with Gasteiger partial charge in [0.25, 0.3) is 0 Å². The summed E-state index contributed by atoms with van der Waals surface area (Å²) in [5.74, 6) is 0. The Morgan fingerprint density at radius 2 is 0.787 bits per heavy atom. The highest BCUT2D eigenvalue weighted by Crippen LogP contribution is 2.47. The molecule has 0 aliphatic heterocycles. The van der Waals surface area contributed by atoms with E-state index in [0.717, 1.165) is 0 Å². The van der Waals surface area contributed by atoms with Gasteiger partial charge in [-0.05, 0) is 94.7 Å². The Labute approximate surface area is 276 Å². The van der Waals surface area contributed by atoms with Gasteiger partial charge in [0.05, 0.1) is 0 Å². The van der Waals surface area contributed by atoms with Crippen LogP contribution in [0.25, 0.3) is 96.6 Å². The first-order valence-electron chi connectivity index (χ1n) is 16.2. The van der Waals surface area contributed by atoms with Gasteiger partial charge in [-0.1, -0.05) is 152 Å². The van der Waals surface area contributed by atoms with Crippen molar-refractivity contribution >= 4 is 74.6 Å². The van der Waals surface area contributed by atoms with Crippen molar-refractivity contribution in [1.29, 1.82) is 0 Å². The molecule has 0 amide bonds. The van der Waals surface area contributed by atoms with E-state index in [4.69, 9.17) is 0 Å². The SMILES string of the molecule is c1ccc(-c2c3ccccc3c(-c3ccc(-c4ccc5c(c4)sc4cc6ccccc6cc45)c4ccccc34)c3ccccc23)cc1. The topological polar surface area (TPSA) is 0 Å². The molecule has 10 rings (SSSR count). The van der Waals surface area contributed by atoms with Gasteiger partial charge >= 0.3 is 0 Å². The van der Waals surface area contributed by atoms with E-state index < -0.39 is 0 Å². The number of benzene rings is 9. The molecule has 0 saturated carbocycles. The molecule has 0 N–H and O–H groups in total. The van der Waals surface area contributed by atoms with Crippen molar-refractivity contribution in [2.45, 2.75) is 0 Å². The van der Waals surface area contributed by atoms with E-state index >= 15 is 0 Å². The second-order valence-corrected chi connectivity index (χ2v) is 13.5. The molecule has 0 nitrogen and oxygen atoms in total. The fraction of sp³-hybridized carbons (Fsp3) is 0. The Bertz CT molecular complexity index is 2780. The van der Waals surface area contributed by atoms with Gasteiger partial charge in [-0.2, -0.15) is 0 Å². The van der Waals surface area contributed by atoms with Crippen molar-refractivity contribution in [3.63, 3.8) is 0 Å². The molecule has 218 valence electrons. The van der Waals surface area contributed by atoms with Gasteiger partial charge in [0.15, 0.2) is 0 Å². The van der Waals surface area contributed by atoms with Crippen molar-refractivity contribution in [1.82, 2.24) is 0 Å². The molecule has 0 atom stereocenters. The second kappa shape index (κ2) is 10.4. The predicted octanol–water partition coefficient (Wildman–Crippen LogP) is 13.7. The summed E-state index contributed by atoms with van der Waals surface area (Å²) < 4.78 is 2.67. The number of hydrogen-bond donors (Lipinski definition) is 0. The number of rotatable bonds is 3. The Morgan fingerprint density at radius 1 is 0.277 bits per heavy atom. The molecule has 0 radical (unpaired) electrons. The molecular weight excluding hydrogens is 585 g/mol. The normalized spacial score (nSPS) is 11.8. The molecule has 0 fully saturated rings. The summed E-state index contributed by atoms with van der Waals surface area (Å²) in [6, 6.07) is 62.7. The minimum absolute atomic E-state index is 1.25. The van der Waals surface area contributed by atoms with E-state index in [1.165, 1.54) is 96.6 Å². The van der Waals surface area contributed by atoms with E-state index in [0.29, 0.717) is 0 Å². The Balaban J connectivity index is 1.21. The van der Waals surface area contributed by atoms with Crippen LogP contribution in [0.3, 0.4) is 0 Å². The van der Waals surface area contributed by atoms with Gasteiger partial charge < -0.3 is 0 Å². The molecule has 9 aromatic carbocycles. The maximum Gasteiger partial charge on any atom is 0.0361 e. The second-order valence-electron chi connectivity index (χ2n) is 12.4. The van der Waals surface area contributed by atoms with Crippen LogP contribution in [0.5, 0.6) is 0 Å². The van der Waals surface area contributed by atoms with E-state index in [1.54, 1.807) is 0 Å². The standard InChI is InChI=1S/C46H28S/c1-2-12-29(13-3-1)45-37-18-8-10-20-39(37)46(40-21-11-9-19-38(40)45)41-25-24-33(34-16-6-7-17-35(34)41)32-22-23-36-42-26-30-14-4-5-15-31(30)27-44(42)47-43(36)28-32/h1-28H. The smallest absolute Gasteiger partial charge is 0.0361 e. The molecule has 0 bridgehead atoms. The lowest BCUT2D eigenvalue weighted by molar-refractivity contribution is 1.66. The fourth-order valence-corrected chi connectivity index (χ4v) is 8.91. The van der Waals surface area contributed by atoms with Crippen molar-refractivity contribution in [3.05, 3.63) is 170 Å². The fourth-order valence-electron chi connectivity index (χ4n) is 7.73. The first-order chi connectivity index (χ1) is 23.3. The first-order valence-corrected chi connectivity index (χ1v) is 17.0. The van der Waals surface area contributed by atoms with E-state index in [2.05, 4.69) is 170 Å². The van der Waals surface area contributed by atoms with Crippen LogP contribution in [0.15, 0.2) is 170 Å². The highest BCUT2D eigenvalue weighted by molar-refractivity contribution is 7.25. The highest BCUT2D eigenvalue weighted by atomic mass is 32.1. The van der Waals surface area contributed by atoms with Gasteiger partial charge in [-0.3, -0.25) is 0 Å². The Kier molecular flexibility index (Phi) is 5.85. The summed E-state index contributed by atoms with van der Waals surface area (Å²) in [5, 5.41) is 12.9. The van der Waals surface area contributed by atoms with Crippen molar-refractivity contribution in [3.8, 4) is 33.4 Å². The minimum atomic E-state index is 1.25. The van der Waals surface area contributed by atoms with Gasteiger partial charge in [0.1, 0.15) is 0 Å². The quantitative estimate of drug-likeness (QED) is 0.174. The molecule has 0 saturated heterocycles. The van der Waals surface area contributed by atoms with Crippen LogP contribution in [0.2, 0.25) is 0 Å². The van der Waals surface area contributed by atoms with E-state index in [-0.39, 0.29) is 0 Å². The Morgan fingerprint density at radius 3 is 1.47 bits per heavy atom. The van der Waals surface area contributed by atoms with Crippen LogP contribution in [-0.2, 0) is 0 Å². The lowest BCUT2D eigenvalue weighted by Gasteiger charge is -2.19. The lowest BCUT2D eigenvalue weighted by Crippen LogP contribution is -1.92. The third-order valence-electron chi connectivity index (χ3n) is 9.84. The molecule has 0 aliphatic rings. The molecule has 47 heavy (non-hydrogen) atoms. The zero-order chi connectivity index (χ0) is 30.9. The van der Waals surface area contributed by atoms with Gasteiger partial charge in [-0.15, -0.1) is 11.3 Å². The van der Waals surface area contributed by atoms with Gasteiger partial charge in [-0.25, -0.2) is 0 Å². The summed E-state index contributed by atoms with van der Waals surface area (Å²) in [7, 11) is 0. The maximum atomic E-state index is 2.39. The zero-order valence-electron chi connectivity index (χ0n) is 25.6. The summed E-state index contributed by atoms with van der Waals surface area (Å²) in [5.41, 5.74) is 7.63. The summed E-state index contributed by atoms with van der Waals surface area (Å²) in [6.45, 7) is 0. The summed E-state index contributed by atoms with van der Waals surface area (Å²) >= 11 is 1.89. The van der Waals surface area contributed by atoms with Crippen LogP contribution in [0.1, 0.15) is 0 Å². The molecule has 1 aromatic heterocycles. The predicted molar refractivity (Wildman–Crippen MR) is 206 cm³/mol. The van der Waals surface area contributed by atoms with Crippen LogP contribution in [0.4, 0.5) is 0 Å². The zero-order valence-corrected chi connectivity index (χ0v) is 26.4. The van der Waals surface area contributed by atoms with Crippen molar-refractivity contribution < 1.29 is 0 Å². The first kappa shape index (κ1) is 26.5. The van der Waals surface area contributed by atoms with Crippen molar-refractivity contribution in [2.75, 3.05) is 0 Å². The minimum Gasteiger partial charge on any atom is -0.135 e. The monoisotopic (exact) mass is 612 g/mol. The molecule has 0 spiro atoms. The van der Waals surface area contributed by atoms with Crippen LogP contribution < -0.4 is 0 Å². The number of thiophene rings is 1. The van der Waals surface area contributed by atoms with Crippen LogP contribution >= 0.6 is 11.3 Å². The number of hydrogen-bond acceptors (Lipinski definition) is 1. The molecule has 0 aliphatic carbocycles. The highest BCUT2D eigenvalue weighted by Gasteiger charge is 2.19. The average molecular weight is 613 g/mol. The molecule has 0 unspecified atom stereocenters. The molecule has 1 heteroatoms. The summed E-state index contributed by atoms with van der Waals surface area (Å²) in [6.07, 6.45) is 0. The lowest BCUT2D eigenvalue weighted by atomic mass is 9.84. The molecule has 10 aromatic rings. The Hall–Kier alpha value is -5.76. The van der Waals surface area contributed by atoms with Crippen LogP contribution in [-0.4, -0.2) is 0 Å². The van der Waals surface area contributed by atoms with Gasteiger partial charge in [0.2, 0.25) is 0 Å². The van der Waals surface area contributed by atoms with E-state index in [9.17, 15) is 0 Å². The van der Waals surface area contributed by atoms with Crippen LogP contribution in [0, 0.1) is 0 Å². The third kappa shape index (κ3) is 4.07.